The van der Waals surface area contributed by atoms with Crippen LogP contribution in [0, 0.1) is 10.1 Å². The molecule has 0 unspecified atom stereocenters. The molecule has 6 heteroatoms. The largest absolute Gasteiger partial charge is 0.270 e. The van der Waals surface area contributed by atoms with Gasteiger partial charge in [0, 0.05) is 30.7 Å². The number of nitro benzene ring substituents is 1. The third kappa shape index (κ3) is 2.89. The maximum atomic E-state index is 10.7. The Morgan fingerprint density at radius 3 is 2.67 bits per heavy atom. The monoisotopic (exact) mass is 278 g/mol. The van der Waals surface area contributed by atoms with E-state index in [1.807, 2.05) is 18.2 Å². The molecular formula is C15H10N4O2. The van der Waals surface area contributed by atoms with E-state index in [0.29, 0.717) is 5.56 Å². The van der Waals surface area contributed by atoms with Gasteiger partial charge in [-0.25, -0.2) is 0 Å². The number of nitro groups is 1. The van der Waals surface area contributed by atoms with Crippen molar-refractivity contribution in [3.05, 3.63) is 70.5 Å². The molecule has 0 fully saturated rings. The quantitative estimate of drug-likeness (QED) is 0.418. The van der Waals surface area contributed by atoms with E-state index in [1.54, 1.807) is 30.7 Å². The molecule has 21 heavy (non-hydrogen) atoms. The van der Waals surface area contributed by atoms with E-state index in [9.17, 15) is 10.1 Å². The number of hydrogen-bond acceptors (Lipinski definition) is 5. The molecule has 3 aromatic rings. The summed E-state index contributed by atoms with van der Waals surface area (Å²) in [6.45, 7) is 0. The normalized spacial score (nSPS) is 11.0. The van der Waals surface area contributed by atoms with Gasteiger partial charge in [-0.1, -0.05) is 12.1 Å². The van der Waals surface area contributed by atoms with Crippen molar-refractivity contribution in [2.45, 2.75) is 0 Å². The molecule has 2 aromatic carbocycles. The third-order valence-electron chi connectivity index (χ3n) is 2.90. The molecule has 102 valence electrons. The highest BCUT2D eigenvalue weighted by Gasteiger charge is 2.04. The second kappa shape index (κ2) is 5.46. The molecule has 0 atom stereocenters. The highest BCUT2D eigenvalue weighted by molar-refractivity contribution is 5.84. The Bertz CT molecular complexity index is 846. The summed E-state index contributed by atoms with van der Waals surface area (Å²) in [6, 6.07) is 11.8. The summed E-state index contributed by atoms with van der Waals surface area (Å²) in [7, 11) is 0. The molecule has 0 saturated heterocycles. The first-order valence-electron chi connectivity index (χ1n) is 6.22. The summed E-state index contributed by atoms with van der Waals surface area (Å²) in [5, 5.41) is 10.7. The van der Waals surface area contributed by atoms with Gasteiger partial charge < -0.3 is 0 Å². The SMILES string of the molecule is O=[N+]([O-])c1cccc(C=Nc2ccc3nccnc3c2)c1. The number of benzene rings is 2. The molecular weight excluding hydrogens is 268 g/mol. The van der Waals surface area contributed by atoms with Gasteiger partial charge in [0.2, 0.25) is 0 Å². The molecule has 3 rings (SSSR count). The van der Waals surface area contributed by atoms with Crippen molar-refractivity contribution in [3.63, 3.8) is 0 Å². The van der Waals surface area contributed by atoms with Crippen molar-refractivity contribution in [2.24, 2.45) is 4.99 Å². The van der Waals surface area contributed by atoms with Gasteiger partial charge in [0.25, 0.3) is 5.69 Å². The Labute approximate surface area is 120 Å². The smallest absolute Gasteiger partial charge is 0.258 e. The maximum absolute atomic E-state index is 10.7. The second-order valence-electron chi connectivity index (χ2n) is 4.34. The molecule has 0 aliphatic carbocycles. The molecule has 0 spiro atoms. The molecule has 1 heterocycles. The summed E-state index contributed by atoms with van der Waals surface area (Å²) in [6.07, 6.45) is 4.84. The summed E-state index contributed by atoms with van der Waals surface area (Å²) < 4.78 is 0. The molecule has 0 bridgehead atoms. The van der Waals surface area contributed by atoms with Crippen LogP contribution in [-0.2, 0) is 0 Å². The number of aromatic nitrogens is 2. The van der Waals surface area contributed by atoms with Gasteiger partial charge in [-0.05, 0) is 23.8 Å². The van der Waals surface area contributed by atoms with E-state index in [4.69, 9.17) is 0 Å². The van der Waals surface area contributed by atoms with Crippen LogP contribution in [0.1, 0.15) is 5.56 Å². The summed E-state index contributed by atoms with van der Waals surface area (Å²) in [5.74, 6) is 0. The van der Waals surface area contributed by atoms with E-state index in [1.165, 1.54) is 12.1 Å². The lowest BCUT2D eigenvalue weighted by atomic mass is 10.2. The Morgan fingerprint density at radius 1 is 1.05 bits per heavy atom. The van der Waals surface area contributed by atoms with E-state index in [-0.39, 0.29) is 5.69 Å². The molecule has 6 nitrogen and oxygen atoms in total. The Morgan fingerprint density at radius 2 is 1.86 bits per heavy atom. The van der Waals surface area contributed by atoms with Crippen LogP contribution in [0.3, 0.4) is 0 Å². The lowest BCUT2D eigenvalue weighted by Gasteiger charge is -1.98. The Balaban J connectivity index is 1.90. The van der Waals surface area contributed by atoms with Gasteiger partial charge in [0.1, 0.15) is 0 Å². The summed E-state index contributed by atoms with van der Waals surface area (Å²) >= 11 is 0. The lowest BCUT2D eigenvalue weighted by Crippen LogP contribution is -1.89. The Hall–Kier alpha value is -3.15. The summed E-state index contributed by atoms with van der Waals surface area (Å²) in [5.41, 5.74) is 2.99. The minimum Gasteiger partial charge on any atom is -0.258 e. The fraction of sp³-hybridized carbons (Fsp3) is 0. The van der Waals surface area contributed by atoms with Crippen LogP contribution >= 0.6 is 0 Å². The van der Waals surface area contributed by atoms with Crippen molar-refractivity contribution in [3.8, 4) is 0 Å². The predicted molar refractivity (Wildman–Crippen MR) is 79.9 cm³/mol. The molecule has 0 amide bonds. The van der Waals surface area contributed by atoms with E-state index < -0.39 is 4.92 Å². The number of non-ortho nitro benzene ring substituents is 1. The minimum absolute atomic E-state index is 0.0447. The second-order valence-corrected chi connectivity index (χ2v) is 4.34. The summed E-state index contributed by atoms with van der Waals surface area (Å²) in [4.78, 5) is 23.0. The van der Waals surface area contributed by atoms with Crippen molar-refractivity contribution in [1.29, 1.82) is 0 Å². The number of nitrogens with zero attached hydrogens (tertiary/aromatic N) is 4. The van der Waals surface area contributed by atoms with Crippen LogP contribution in [0.2, 0.25) is 0 Å². The lowest BCUT2D eigenvalue weighted by molar-refractivity contribution is -0.384. The van der Waals surface area contributed by atoms with Crippen LogP contribution in [-0.4, -0.2) is 21.1 Å². The first-order valence-corrected chi connectivity index (χ1v) is 6.22. The van der Waals surface area contributed by atoms with Gasteiger partial charge in [0.15, 0.2) is 0 Å². The molecule has 0 N–H and O–H groups in total. The highest BCUT2D eigenvalue weighted by atomic mass is 16.6. The fourth-order valence-corrected chi connectivity index (χ4v) is 1.90. The van der Waals surface area contributed by atoms with Crippen LogP contribution in [0.15, 0.2) is 59.9 Å². The van der Waals surface area contributed by atoms with Crippen LogP contribution in [0.4, 0.5) is 11.4 Å². The van der Waals surface area contributed by atoms with Crippen molar-refractivity contribution in [2.75, 3.05) is 0 Å². The van der Waals surface area contributed by atoms with Crippen LogP contribution in [0.25, 0.3) is 11.0 Å². The van der Waals surface area contributed by atoms with Gasteiger partial charge in [-0.15, -0.1) is 0 Å². The van der Waals surface area contributed by atoms with Gasteiger partial charge in [-0.3, -0.25) is 25.1 Å². The van der Waals surface area contributed by atoms with Gasteiger partial charge >= 0.3 is 0 Å². The molecule has 1 aromatic heterocycles. The predicted octanol–water partition coefficient (Wildman–Crippen LogP) is 3.29. The number of rotatable bonds is 3. The third-order valence-corrected chi connectivity index (χ3v) is 2.90. The standard InChI is InChI=1S/C15H10N4O2/c20-19(21)13-3-1-2-11(8-13)10-18-12-4-5-14-15(9-12)17-7-6-16-14/h1-10H. The van der Waals surface area contributed by atoms with Gasteiger partial charge in [0.05, 0.1) is 21.6 Å². The first-order chi connectivity index (χ1) is 10.2. The number of hydrogen-bond donors (Lipinski definition) is 0. The van der Waals surface area contributed by atoms with E-state index in [0.717, 1.165) is 16.7 Å². The van der Waals surface area contributed by atoms with Crippen LogP contribution in [0.5, 0.6) is 0 Å². The average molecular weight is 278 g/mol. The topological polar surface area (TPSA) is 81.3 Å². The average Bonchev–Trinajstić information content (AvgIpc) is 2.53. The molecule has 0 aliphatic rings. The number of fused-ring (bicyclic) bond motifs is 1. The van der Waals surface area contributed by atoms with Crippen molar-refractivity contribution >= 4 is 28.6 Å². The van der Waals surface area contributed by atoms with Gasteiger partial charge in [-0.2, -0.15) is 0 Å². The molecule has 0 radical (unpaired) electrons. The van der Waals surface area contributed by atoms with E-state index >= 15 is 0 Å². The maximum Gasteiger partial charge on any atom is 0.270 e. The van der Waals surface area contributed by atoms with Crippen LogP contribution < -0.4 is 0 Å². The highest BCUT2D eigenvalue weighted by Crippen LogP contribution is 2.18. The van der Waals surface area contributed by atoms with E-state index in [2.05, 4.69) is 15.0 Å². The minimum atomic E-state index is -0.428. The number of aliphatic imine (C=N–C) groups is 1. The molecule has 0 saturated carbocycles. The first kappa shape index (κ1) is 12.9. The van der Waals surface area contributed by atoms with Crippen molar-refractivity contribution in [1.82, 2.24) is 9.97 Å². The Kier molecular flexibility index (Phi) is 3.34. The zero-order chi connectivity index (χ0) is 14.7. The fourth-order valence-electron chi connectivity index (χ4n) is 1.90. The zero-order valence-electron chi connectivity index (χ0n) is 10.9. The molecule has 0 aliphatic heterocycles. The van der Waals surface area contributed by atoms with Crippen molar-refractivity contribution < 1.29 is 4.92 Å². The zero-order valence-corrected chi connectivity index (χ0v) is 10.9.